The van der Waals surface area contributed by atoms with E-state index >= 15 is 0 Å². The van der Waals surface area contributed by atoms with Gasteiger partial charge in [-0.2, -0.15) is 0 Å². The summed E-state index contributed by atoms with van der Waals surface area (Å²) in [7, 11) is 0. The zero-order valence-corrected chi connectivity index (χ0v) is 18.6. The van der Waals surface area contributed by atoms with E-state index in [2.05, 4.69) is 43.9 Å². The van der Waals surface area contributed by atoms with Gasteiger partial charge in [-0.05, 0) is 47.7 Å². The van der Waals surface area contributed by atoms with E-state index in [0.29, 0.717) is 19.5 Å². The third-order valence-electron chi connectivity index (χ3n) is 5.41. The van der Waals surface area contributed by atoms with E-state index in [4.69, 9.17) is 16.3 Å². The van der Waals surface area contributed by atoms with Gasteiger partial charge in [0.1, 0.15) is 5.75 Å². The maximum atomic E-state index is 13.0. The van der Waals surface area contributed by atoms with Crippen LogP contribution in [-0.2, 0) is 10.2 Å². The van der Waals surface area contributed by atoms with E-state index in [-0.39, 0.29) is 11.3 Å². The molecule has 0 bridgehead atoms. The van der Waals surface area contributed by atoms with Gasteiger partial charge in [-0.3, -0.25) is 4.79 Å². The van der Waals surface area contributed by atoms with Crippen molar-refractivity contribution in [1.29, 1.82) is 0 Å². The van der Waals surface area contributed by atoms with Crippen molar-refractivity contribution in [3.63, 3.8) is 0 Å². The summed E-state index contributed by atoms with van der Waals surface area (Å²) in [6.45, 7) is 11.5. The van der Waals surface area contributed by atoms with Gasteiger partial charge in [-0.15, -0.1) is 0 Å². The molecule has 0 radical (unpaired) electrons. The molecule has 1 aliphatic heterocycles. The van der Waals surface area contributed by atoms with Crippen molar-refractivity contribution in [3.05, 3.63) is 59.1 Å². The molecule has 156 valence electrons. The highest BCUT2D eigenvalue weighted by Gasteiger charge is 2.28. The van der Waals surface area contributed by atoms with Crippen LogP contribution in [0, 0.1) is 0 Å². The highest BCUT2D eigenvalue weighted by atomic mass is 35.5. The second kappa shape index (κ2) is 9.08. The first-order valence-electron chi connectivity index (χ1n) is 10.3. The Morgan fingerprint density at radius 2 is 1.72 bits per heavy atom. The predicted molar refractivity (Wildman–Crippen MR) is 120 cm³/mol. The molecule has 0 unspecified atom stereocenters. The molecule has 1 aliphatic rings. The largest absolute Gasteiger partial charge is 0.481 e. The predicted octanol–water partition coefficient (Wildman–Crippen LogP) is 5.14. The number of ether oxygens (including phenoxy) is 1. The zero-order valence-electron chi connectivity index (χ0n) is 17.8. The number of halogens is 1. The Hall–Kier alpha value is -2.20. The topological polar surface area (TPSA) is 32.8 Å². The number of carbonyl (C=O) groups is 1. The van der Waals surface area contributed by atoms with E-state index in [1.54, 1.807) is 0 Å². The van der Waals surface area contributed by atoms with Crippen LogP contribution in [-0.4, -0.2) is 43.1 Å². The number of amides is 1. The van der Waals surface area contributed by atoms with Crippen LogP contribution in [0.1, 0.15) is 39.7 Å². The molecule has 1 saturated heterocycles. The van der Waals surface area contributed by atoms with Gasteiger partial charge in [0.25, 0.3) is 5.91 Å². The van der Waals surface area contributed by atoms with Crippen molar-refractivity contribution in [1.82, 2.24) is 4.90 Å². The molecule has 4 nitrogen and oxygen atoms in total. The number of hydrogen-bond acceptors (Lipinski definition) is 3. The van der Waals surface area contributed by atoms with Crippen molar-refractivity contribution in [3.8, 4) is 5.75 Å². The molecule has 0 N–H and O–H groups in total. The monoisotopic (exact) mass is 414 g/mol. The average molecular weight is 415 g/mol. The third kappa shape index (κ3) is 5.45. The van der Waals surface area contributed by atoms with Gasteiger partial charge >= 0.3 is 0 Å². The quantitative estimate of drug-likeness (QED) is 0.678. The first kappa shape index (κ1) is 21.5. The Kier molecular flexibility index (Phi) is 6.74. The summed E-state index contributed by atoms with van der Waals surface area (Å²) in [6, 6.07) is 16.0. The van der Waals surface area contributed by atoms with Crippen molar-refractivity contribution < 1.29 is 9.53 Å². The fourth-order valence-corrected chi connectivity index (χ4v) is 3.75. The molecule has 0 aliphatic carbocycles. The van der Waals surface area contributed by atoms with Crippen LogP contribution in [0.15, 0.2) is 48.5 Å². The summed E-state index contributed by atoms with van der Waals surface area (Å²) >= 11 is 6.11. The number of anilines is 1. The van der Waals surface area contributed by atoms with Crippen molar-refractivity contribution in [2.75, 3.05) is 31.1 Å². The highest BCUT2D eigenvalue weighted by Crippen LogP contribution is 2.25. The van der Waals surface area contributed by atoms with Gasteiger partial charge in [0.15, 0.2) is 6.10 Å². The lowest BCUT2D eigenvalue weighted by atomic mass is 9.87. The number of hydrogen-bond donors (Lipinski definition) is 0. The normalized spacial score (nSPS) is 15.9. The standard InChI is InChI=1S/C24H31ClN2O2/c1-5-22(29-21-11-9-18(10-12-21)24(2,3)4)23(28)27-15-13-26(14-16-27)20-8-6-7-19(25)17-20/h6-12,17,22H,5,13-16H2,1-4H3/t22-/m0/s1. The van der Waals surface area contributed by atoms with E-state index in [1.807, 2.05) is 42.2 Å². The van der Waals surface area contributed by atoms with Gasteiger partial charge < -0.3 is 14.5 Å². The second-order valence-corrected chi connectivity index (χ2v) is 9.02. The molecule has 29 heavy (non-hydrogen) atoms. The van der Waals surface area contributed by atoms with Crippen molar-refractivity contribution >= 4 is 23.2 Å². The number of nitrogens with zero attached hydrogens (tertiary/aromatic N) is 2. The summed E-state index contributed by atoms with van der Waals surface area (Å²) in [5, 5.41) is 0.734. The first-order valence-corrected chi connectivity index (χ1v) is 10.7. The fraction of sp³-hybridized carbons (Fsp3) is 0.458. The Balaban J connectivity index is 1.59. The molecule has 1 amide bonds. The lowest BCUT2D eigenvalue weighted by Gasteiger charge is -2.37. The minimum Gasteiger partial charge on any atom is -0.481 e. The first-order chi connectivity index (χ1) is 13.8. The van der Waals surface area contributed by atoms with Gasteiger partial charge in [0.2, 0.25) is 0 Å². The summed E-state index contributed by atoms with van der Waals surface area (Å²) < 4.78 is 6.05. The van der Waals surface area contributed by atoms with Crippen molar-refractivity contribution in [2.45, 2.75) is 45.6 Å². The molecular weight excluding hydrogens is 384 g/mol. The van der Waals surface area contributed by atoms with Gasteiger partial charge in [-0.25, -0.2) is 0 Å². The lowest BCUT2D eigenvalue weighted by Crippen LogP contribution is -2.52. The fourth-order valence-electron chi connectivity index (χ4n) is 3.57. The van der Waals surface area contributed by atoms with E-state index < -0.39 is 6.10 Å². The van der Waals surface area contributed by atoms with Gasteiger partial charge in [0.05, 0.1) is 0 Å². The van der Waals surface area contributed by atoms with Gasteiger partial charge in [-0.1, -0.05) is 57.5 Å². The molecule has 1 fully saturated rings. The summed E-state index contributed by atoms with van der Waals surface area (Å²) in [5.74, 6) is 0.814. The van der Waals surface area contributed by atoms with Crippen molar-refractivity contribution in [2.24, 2.45) is 0 Å². The van der Waals surface area contributed by atoms with Gasteiger partial charge in [0, 0.05) is 36.9 Å². The number of piperazine rings is 1. The van der Waals surface area contributed by atoms with E-state index in [0.717, 1.165) is 29.5 Å². The van der Waals surface area contributed by atoms with Crippen LogP contribution >= 0.6 is 11.6 Å². The van der Waals surface area contributed by atoms with Crippen LogP contribution in [0.2, 0.25) is 5.02 Å². The minimum absolute atomic E-state index is 0.0677. The molecule has 3 rings (SSSR count). The molecule has 0 spiro atoms. The van der Waals surface area contributed by atoms with E-state index in [9.17, 15) is 4.79 Å². The highest BCUT2D eigenvalue weighted by molar-refractivity contribution is 6.30. The Bertz CT molecular complexity index is 822. The number of benzene rings is 2. The Morgan fingerprint density at radius 1 is 1.07 bits per heavy atom. The molecule has 1 atom stereocenters. The molecule has 0 saturated carbocycles. The van der Waals surface area contributed by atoms with E-state index in [1.165, 1.54) is 5.56 Å². The number of carbonyl (C=O) groups excluding carboxylic acids is 1. The second-order valence-electron chi connectivity index (χ2n) is 8.58. The van der Waals surface area contributed by atoms with Crippen LogP contribution in [0.3, 0.4) is 0 Å². The maximum Gasteiger partial charge on any atom is 0.263 e. The SMILES string of the molecule is CC[C@H](Oc1ccc(C(C)(C)C)cc1)C(=O)N1CCN(c2cccc(Cl)c2)CC1. The molecule has 0 aromatic heterocycles. The zero-order chi connectivity index (χ0) is 21.0. The van der Waals surface area contributed by atoms with Crippen LogP contribution in [0.25, 0.3) is 0 Å². The summed E-state index contributed by atoms with van der Waals surface area (Å²) in [6.07, 6.45) is 0.196. The van der Waals surface area contributed by atoms with Crippen LogP contribution in [0.4, 0.5) is 5.69 Å². The molecule has 2 aromatic rings. The molecule has 1 heterocycles. The average Bonchev–Trinajstić information content (AvgIpc) is 2.71. The molecular formula is C24H31ClN2O2. The maximum absolute atomic E-state index is 13.0. The van der Waals surface area contributed by atoms with Crippen LogP contribution < -0.4 is 9.64 Å². The summed E-state index contributed by atoms with van der Waals surface area (Å²) in [4.78, 5) is 17.2. The Labute approximate surface area is 179 Å². The summed E-state index contributed by atoms with van der Waals surface area (Å²) in [5.41, 5.74) is 2.45. The smallest absolute Gasteiger partial charge is 0.263 e. The lowest BCUT2D eigenvalue weighted by molar-refractivity contribution is -0.139. The molecule has 5 heteroatoms. The Morgan fingerprint density at radius 3 is 2.28 bits per heavy atom. The molecule has 2 aromatic carbocycles. The number of rotatable bonds is 5. The minimum atomic E-state index is -0.451. The van der Waals surface area contributed by atoms with Crippen LogP contribution in [0.5, 0.6) is 5.75 Å². The third-order valence-corrected chi connectivity index (χ3v) is 5.64.